The van der Waals surface area contributed by atoms with Crippen molar-refractivity contribution in [2.75, 3.05) is 4.90 Å². The summed E-state index contributed by atoms with van der Waals surface area (Å²) in [5, 5.41) is 5.04. The highest BCUT2D eigenvalue weighted by Crippen LogP contribution is 2.73. The molecule has 14 rings (SSSR count). The molecule has 0 saturated carbocycles. The maximum absolute atomic E-state index is 5.05. The number of para-hydroxylation sites is 1. The summed E-state index contributed by atoms with van der Waals surface area (Å²) >= 11 is 1.26. The van der Waals surface area contributed by atoms with Crippen LogP contribution in [-0.4, -0.2) is 13.3 Å². The zero-order valence-corrected chi connectivity index (χ0v) is 43.9. The minimum atomic E-state index is -1.80. The first kappa shape index (κ1) is 46.2. The number of fused-ring (bicyclic) bond motifs is 6. The summed E-state index contributed by atoms with van der Waals surface area (Å²) in [5.74, 6) is 0. The van der Waals surface area contributed by atoms with E-state index < -0.39 is 10.0 Å². The van der Waals surface area contributed by atoms with Gasteiger partial charge in [0, 0.05) is 53.0 Å². The Balaban J connectivity index is 0.837. The lowest BCUT2D eigenvalue weighted by atomic mass is 10.0. The molecule has 0 atom stereocenters. The van der Waals surface area contributed by atoms with Crippen molar-refractivity contribution in [2.24, 2.45) is 0 Å². The van der Waals surface area contributed by atoms with Crippen LogP contribution < -0.4 is 4.90 Å². The van der Waals surface area contributed by atoms with E-state index in [1.54, 1.807) is 0 Å². The number of aromatic nitrogens is 3. The lowest BCUT2D eigenvalue weighted by molar-refractivity contribution is 1.18. The molecule has 0 bridgehead atoms. The Morgan fingerprint density at radius 2 is 0.831 bits per heavy atom. The Kier molecular flexibility index (Phi) is 11.7. The summed E-state index contributed by atoms with van der Waals surface area (Å²) in [6.07, 6.45) is 0. The number of hydrogen-bond acceptors (Lipinski definition) is 4. The SMILES string of the molecule is Cc1ccc(-c2ccc(N(c3ccc(-c4ccc(S(c5ccccc5)(c5ccccc5)c5ccccc5)cc4)cc3)c3ccc(-c4ccc(-n5c6ccccc6c6c7ccccc7ccc65)cc4)c4nsnc34)cc2)cc1. The van der Waals surface area contributed by atoms with Gasteiger partial charge in [-0.15, -0.1) is 10.0 Å². The lowest BCUT2D eigenvalue weighted by Crippen LogP contribution is -2.10. The largest absolute Gasteiger partial charge is 0.309 e. The Labute approximate surface area is 454 Å². The number of aryl methyl sites for hydroxylation is 1. The topological polar surface area (TPSA) is 34.0 Å². The van der Waals surface area contributed by atoms with E-state index in [9.17, 15) is 0 Å². The van der Waals surface area contributed by atoms with E-state index in [2.05, 4.69) is 302 Å². The van der Waals surface area contributed by atoms with Gasteiger partial charge >= 0.3 is 0 Å². The molecule has 12 aromatic carbocycles. The quantitative estimate of drug-likeness (QED) is 0.129. The fourth-order valence-corrected chi connectivity index (χ4v) is 15.8. The molecule has 0 fully saturated rings. The van der Waals surface area contributed by atoms with Gasteiger partial charge in [-0.1, -0.05) is 181 Å². The van der Waals surface area contributed by atoms with Crippen molar-refractivity contribution in [1.29, 1.82) is 0 Å². The fraction of sp³-hybridized carbons (Fsp3) is 0.0141. The molecule has 2 heterocycles. The third-order valence-electron chi connectivity index (χ3n) is 15.1. The van der Waals surface area contributed by atoms with Gasteiger partial charge in [0.1, 0.15) is 11.0 Å². The third kappa shape index (κ3) is 8.00. The number of rotatable bonds is 11. The van der Waals surface area contributed by atoms with E-state index in [1.807, 2.05) is 0 Å². The number of hydrogen-bond donors (Lipinski definition) is 0. The highest BCUT2D eigenvalue weighted by molar-refractivity contribution is 8.34. The zero-order valence-electron chi connectivity index (χ0n) is 42.2. The second kappa shape index (κ2) is 19.4. The first-order chi connectivity index (χ1) is 38.1. The Morgan fingerprint density at radius 3 is 1.42 bits per heavy atom. The van der Waals surface area contributed by atoms with E-state index in [0.717, 1.165) is 56.0 Å². The van der Waals surface area contributed by atoms with Crippen LogP contribution in [0.2, 0.25) is 0 Å². The lowest BCUT2D eigenvalue weighted by Gasteiger charge is -2.42. The molecule has 0 N–H and O–H groups in total. The Hall–Kier alpha value is -9.33. The number of benzene rings is 12. The molecular weight excluding hydrogens is 973 g/mol. The van der Waals surface area contributed by atoms with E-state index in [-0.39, 0.29) is 0 Å². The highest BCUT2D eigenvalue weighted by atomic mass is 32.3. The van der Waals surface area contributed by atoms with Gasteiger partial charge in [0.25, 0.3) is 0 Å². The van der Waals surface area contributed by atoms with E-state index in [0.29, 0.717) is 0 Å². The average molecular weight is 1020 g/mol. The van der Waals surface area contributed by atoms with E-state index in [4.69, 9.17) is 8.75 Å². The normalized spacial score (nSPS) is 11.9. The summed E-state index contributed by atoms with van der Waals surface area (Å²) in [5.41, 5.74) is 16.3. The summed E-state index contributed by atoms with van der Waals surface area (Å²) in [7, 11) is -1.80. The summed E-state index contributed by atoms with van der Waals surface area (Å²) in [4.78, 5) is 7.54. The van der Waals surface area contributed by atoms with Crippen LogP contribution in [0.1, 0.15) is 5.56 Å². The molecular formula is C71H50N4S2. The first-order valence-corrected chi connectivity index (χ1v) is 28.4. The van der Waals surface area contributed by atoms with Crippen molar-refractivity contribution < 1.29 is 0 Å². The van der Waals surface area contributed by atoms with Crippen LogP contribution in [0.25, 0.3) is 82.7 Å². The zero-order chi connectivity index (χ0) is 51.3. The van der Waals surface area contributed by atoms with Crippen LogP contribution in [0, 0.1) is 6.92 Å². The smallest absolute Gasteiger partial charge is 0.129 e. The van der Waals surface area contributed by atoms with Gasteiger partial charge < -0.3 is 9.47 Å². The van der Waals surface area contributed by atoms with Crippen molar-refractivity contribution in [2.45, 2.75) is 26.5 Å². The van der Waals surface area contributed by atoms with Crippen LogP contribution >= 0.6 is 21.8 Å². The molecule has 0 spiro atoms. The van der Waals surface area contributed by atoms with Gasteiger partial charge in [-0.25, -0.2) is 0 Å². The molecule has 0 radical (unpaired) electrons. The van der Waals surface area contributed by atoms with Crippen LogP contribution in [-0.2, 0) is 0 Å². The van der Waals surface area contributed by atoms with E-state index in [1.165, 1.54) is 80.6 Å². The number of nitrogens with zero attached hydrogens (tertiary/aromatic N) is 4. The van der Waals surface area contributed by atoms with Crippen LogP contribution in [0.4, 0.5) is 17.1 Å². The Morgan fingerprint density at radius 1 is 0.364 bits per heavy atom. The van der Waals surface area contributed by atoms with Crippen molar-refractivity contribution >= 4 is 82.4 Å². The van der Waals surface area contributed by atoms with Crippen LogP contribution in [0.3, 0.4) is 0 Å². The Bertz CT molecular complexity index is 4300. The molecule has 0 saturated heterocycles. The standard InChI is InChI=1S/C71H50N4S2/c1-49-25-27-50(28-26-49)51-29-38-56(39-30-51)74(57-40-31-52(32-41-57)53-35-44-62(45-36-53)77(59-16-5-2-6-17-59,60-18-7-3-8-19-60)61-20-9-4-10-21-61)68-48-46-64(70-71(68)73-76-72-70)55-33-42-58(43-34-55)75-66-24-14-13-23-65(66)69-63-22-12-11-15-54(63)37-47-67(69)75/h2-48H,1H3. The second-order valence-corrected chi connectivity index (χ2v) is 23.2. The maximum Gasteiger partial charge on any atom is 0.129 e. The summed E-state index contributed by atoms with van der Waals surface area (Å²) in [6.45, 7) is 2.13. The van der Waals surface area contributed by atoms with Gasteiger partial charge in [0.2, 0.25) is 0 Å². The molecule has 0 aliphatic heterocycles. The third-order valence-corrected chi connectivity index (χ3v) is 19.5. The fourth-order valence-electron chi connectivity index (χ4n) is 11.4. The van der Waals surface area contributed by atoms with Gasteiger partial charge in [0.15, 0.2) is 0 Å². The number of anilines is 3. The molecule has 0 aliphatic rings. The van der Waals surface area contributed by atoms with Gasteiger partial charge in [0.05, 0.1) is 28.4 Å². The highest BCUT2D eigenvalue weighted by Gasteiger charge is 2.33. The molecule has 77 heavy (non-hydrogen) atoms. The van der Waals surface area contributed by atoms with Crippen LogP contribution in [0.5, 0.6) is 0 Å². The maximum atomic E-state index is 5.05. The first-order valence-electron chi connectivity index (χ1n) is 26.0. The predicted molar refractivity (Wildman–Crippen MR) is 325 cm³/mol. The summed E-state index contributed by atoms with van der Waals surface area (Å²) in [6, 6.07) is 104. The molecule has 0 unspecified atom stereocenters. The van der Waals surface area contributed by atoms with Gasteiger partial charge in [-0.3, -0.25) is 0 Å². The molecule has 366 valence electrons. The molecule has 0 aliphatic carbocycles. The average Bonchev–Trinajstić information content (AvgIpc) is 4.24. The van der Waals surface area contributed by atoms with Crippen molar-refractivity contribution in [3.8, 4) is 39.1 Å². The van der Waals surface area contributed by atoms with Crippen molar-refractivity contribution in [1.82, 2.24) is 13.3 Å². The molecule has 2 aromatic heterocycles. The molecule has 14 aromatic rings. The minimum absolute atomic E-state index is 0.856. The summed E-state index contributed by atoms with van der Waals surface area (Å²) < 4.78 is 12.4. The van der Waals surface area contributed by atoms with Crippen molar-refractivity contribution in [3.63, 3.8) is 0 Å². The van der Waals surface area contributed by atoms with Crippen LogP contribution in [0.15, 0.2) is 305 Å². The molecule has 6 heteroatoms. The van der Waals surface area contributed by atoms with E-state index >= 15 is 0 Å². The molecule has 4 nitrogen and oxygen atoms in total. The predicted octanol–water partition coefficient (Wildman–Crippen LogP) is 20.1. The van der Waals surface area contributed by atoms with Gasteiger partial charge in [-0.05, 0) is 155 Å². The monoisotopic (exact) mass is 1020 g/mol. The second-order valence-electron chi connectivity index (χ2n) is 19.5. The van der Waals surface area contributed by atoms with Crippen molar-refractivity contribution in [3.05, 3.63) is 291 Å². The van der Waals surface area contributed by atoms with Gasteiger partial charge in [-0.2, -0.15) is 8.75 Å². The molecule has 0 amide bonds. The minimum Gasteiger partial charge on any atom is -0.309 e.